The van der Waals surface area contributed by atoms with Crippen molar-refractivity contribution in [2.75, 3.05) is 11.9 Å². The van der Waals surface area contributed by atoms with Gasteiger partial charge in [0.25, 0.3) is 5.56 Å². The van der Waals surface area contributed by atoms with E-state index in [2.05, 4.69) is 29.1 Å². The molecule has 4 aromatic rings. The summed E-state index contributed by atoms with van der Waals surface area (Å²) >= 11 is 6.71. The van der Waals surface area contributed by atoms with Gasteiger partial charge < -0.3 is 10.1 Å². The van der Waals surface area contributed by atoms with Crippen LogP contribution in [0, 0.1) is 6.92 Å². The van der Waals surface area contributed by atoms with E-state index in [1.54, 1.807) is 17.0 Å². The molecule has 3 aromatic heterocycles. The molecule has 0 spiro atoms. The first-order valence-electron chi connectivity index (χ1n) is 12.3. The van der Waals surface area contributed by atoms with Crippen LogP contribution in [0.5, 0.6) is 0 Å². The smallest absolute Gasteiger partial charge is 0.260 e. The molecule has 186 valence electrons. The number of aromatic nitrogens is 4. The van der Waals surface area contributed by atoms with E-state index in [0.717, 1.165) is 35.0 Å². The van der Waals surface area contributed by atoms with Crippen LogP contribution < -0.4 is 10.9 Å². The van der Waals surface area contributed by atoms with Gasteiger partial charge in [0.05, 0.1) is 11.3 Å². The van der Waals surface area contributed by atoms with Gasteiger partial charge in [0.2, 0.25) is 5.95 Å². The summed E-state index contributed by atoms with van der Waals surface area (Å²) in [7, 11) is 0. The number of anilines is 1. The number of nitrogens with zero attached hydrogens (tertiary/aromatic N) is 4. The molecule has 1 aromatic carbocycles. The highest BCUT2D eigenvalue weighted by molar-refractivity contribution is 6.33. The Kier molecular flexibility index (Phi) is 6.53. The Morgan fingerprint density at radius 2 is 2.03 bits per heavy atom. The first-order valence-corrected chi connectivity index (χ1v) is 12.7. The fourth-order valence-electron chi connectivity index (χ4n) is 4.92. The first kappa shape index (κ1) is 24.4. The van der Waals surface area contributed by atoms with Crippen LogP contribution in [0.1, 0.15) is 39.2 Å². The number of hydrogen-bond acceptors (Lipinski definition) is 6. The molecule has 0 bridgehead atoms. The molecular weight excluding hydrogens is 474 g/mol. The lowest BCUT2D eigenvalue weighted by molar-refractivity contribution is -0.0553. The van der Waals surface area contributed by atoms with Crippen molar-refractivity contribution in [1.82, 2.24) is 19.5 Å². The summed E-state index contributed by atoms with van der Waals surface area (Å²) in [4.78, 5) is 27.3. The van der Waals surface area contributed by atoms with Crippen LogP contribution in [0.4, 0.5) is 5.95 Å². The second-order valence-corrected chi connectivity index (χ2v) is 10.3. The van der Waals surface area contributed by atoms with Crippen molar-refractivity contribution in [1.29, 1.82) is 0 Å². The van der Waals surface area contributed by atoms with Crippen molar-refractivity contribution in [2.45, 2.75) is 58.7 Å². The number of hydrogen-bond donors (Lipinski definition) is 1. The lowest BCUT2D eigenvalue weighted by atomic mass is 9.94. The van der Waals surface area contributed by atoms with Crippen molar-refractivity contribution in [3.05, 3.63) is 69.7 Å². The number of rotatable bonds is 5. The Morgan fingerprint density at radius 1 is 1.19 bits per heavy atom. The monoisotopic (exact) mass is 503 g/mol. The number of nitrogens with one attached hydrogen (secondary N) is 1. The van der Waals surface area contributed by atoms with E-state index in [1.165, 1.54) is 0 Å². The topological polar surface area (TPSA) is 81.9 Å². The molecule has 36 heavy (non-hydrogen) atoms. The summed E-state index contributed by atoms with van der Waals surface area (Å²) in [6.45, 7) is 9.31. The first-order chi connectivity index (χ1) is 17.3. The lowest BCUT2D eigenvalue weighted by Gasteiger charge is -2.35. The van der Waals surface area contributed by atoms with Crippen LogP contribution in [0.25, 0.3) is 33.4 Å². The van der Waals surface area contributed by atoms with E-state index in [0.29, 0.717) is 40.9 Å². The third-order valence-electron chi connectivity index (χ3n) is 6.72. The number of fused-ring (bicyclic) bond motifs is 1. The number of aryl methyl sites for hydroxylation is 2. The van der Waals surface area contributed by atoms with Crippen LogP contribution in [-0.2, 0) is 11.3 Å². The molecule has 1 atom stereocenters. The normalized spacial score (nSPS) is 17.3. The van der Waals surface area contributed by atoms with Crippen LogP contribution in [0.15, 0.2) is 53.6 Å². The Labute approximate surface area is 215 Å². The Bertz CT molecular complexity index is 1500. The zero-order valence-corrected chi connectivity index (χ0v) is 21.8. The molecule has 4 heterocycles. The molecule has 1 saturated heterocycles. The maximum Gasteiger partial charge on any atom is 0.260 e. The van der Waals surface area contributed by atoms with Crippen LogP contribution in [0.2, 0.25) is 5.02 Å². The molecular formula is C28H30ClN5O2. The van der Waals surface area contributed by atoms with E-state index < -0.39 is 0 Å². The lowest BCUT2D eigenvalue weighted by Crippen LogP contribution is -2.40. The van der Waals surface area contributed by atoms with Gasteiger partial charge in [-0.1, -0.05) is 29.8 Å². The molecule has 0 unspecified atom stereocenters. The van der Waals surface area contributed by atoms with Gasteiger partial charge in [0.15, 0.2) is 0 Å². The van der Waals surface area contributed by atoms with E-state index in [4.69, 9.17) is 21.3 Å². The minimum atomic E-state index is -0.183. The highest BCUT2D eigenvalue weighted by Gasteiger charge is 2.29. The van der Waals surface area contributed by atoms with E-state index in [-0.39, 0.29) is 17.2 Å². The predicted molar refractivity (Wildman–Crippen MR) is 145 cm³/mol. The molecule has 5 rings (SSSR count). The molecule has 1 N–H and O–H groups in total. The SMILES string of the molecule is CCn1c(=O)c(-c2ccc(-c3ncccc3C)cc2Cl)cc2cnc(N[C@H]3CCOC(C)(C)C3)nc21. The summed E-state index contributed by atoms with van der Waals surface area (Å²) in [6.07, 6.45) is 5.28. The summed E-state index contributed by atoms with van der Waals surface area (Å²) in [6, 6.07) is 11.7. The van der Waals surface area contributed by atoms with Gasteiger partial charge in [0.1, 0.15) is 5.65 Å². The summed E-state index contributed by atoms with van der Waals surface area (Å²) < 4.78 is 7.50. The standard InChI is InChI=1S/C28H30ClN5O2/c1-5-34-25-19(16-31-27(33-25)32-20-10-12-36-28(3,4)15-20)13-22(26(34)35)21-9-8-18(14-23(21)29)24-17(2)7-6-11-30-24/h6-9,11,13-14,16,20H,5,10,12,15H2,1-4H3,(H,31,32,33)/t20-/m0/s1. The van der Waals surface area contributed by atoms with E-state index >= 15 is 0 Å². The van der Waals surface area contributed by atoms with Crippen LogP contribution in [0.3, 0.4) is 0 Å². The second-order valence-electron chi connectivity index (χ2n) is 9.89. The van der Waals surface area contributed by atoms with Gasteiger partial charge in [-0.05, 0) is 64.3 Å². The molecule has 0 aliphatic carbocycles. The predicted octanol–water partition coefficient (Wildman–Crippen LogP) is 5.87. The fraction of sp³-hybridized carbons (Fsp3) is 0.357. The number of pyridine rings is 2. The minimum absolute atomic E-state index is 0.134. The summed E-state index contributed by atoms with van der Waals surface area (Å²) in [5.41, 5.74) is 4.33. The molecule has 1 aliphatic rings. The van der Waals surface area contributed by atoms with Crippen molar-refractivity contribution in [3.8, 4) is 22.4 Å². The molecule has 1 fully saturated rings. The minimum Gasteiger partial charge on any atom is -0.375 e. The highest BCUT2D eigenvalue weighted by Crippen LogP contribution is 2.32. The van der Waals surface area contributed by atoms with Gasteiger partial charge in [-0.25, -0.2) is 4.98 Å². The summed E-state index contributed by atoms with van der Waals surface area (Å²) in [5, 5.41) is 4.72. The van der Waals surface area contributed by atoms with Gasteiger partial charge in [-0.15, -0.1) is 0 Å². The Hall–Kier alpha value is -3.29. The number of ether oxygens (including phenoxy) is 1. The highest BCUT2D eigenvalue weighted by atomic mass is 35.5. The second kappa shape index (κ2) is 9.64. The number of halogens is 1. The van der Waals surface area contributed by atoms with Gasteiger partial charge >= 0.3 is 0 Å². The Morgan fingerprint density at radius 3 is 2.75 bits per heavy atom. The third-order valence-corrected chi connectivity index (χ3v) is 7.03. The quantitative estimate of drug-likeness (QED) is 0.366. The largest absolute Gasteiger partial charge is 0.375 e. The van der Waals surface area contributed by atoms with Crippen LogP contribution in [-0.4, -0.2) is 37.8 Å². The Balaban J connectivity index is 1.52. The van der Waals surface area contributed by atoms with E-state index in [9.17, 15) is 4.79 Å². The molecule has 8 heteroatoms. The van der Waals surface area contributed by atoms with Gasteiger partial charge in [-0.2, -0.15) is 4.98 Å². The maximum atomic E-state index is 13.6. The third kappa shape index (κ3) is 4.73. The van der Waals surface area contributed by atoms with Crippen molar-refractivity contribution < 1.29 is 4.74 Å². The zero-order valence-electron chi connectivity index (χ0n) is 21.0. The van der Waals surface area contributed by atoms with Crippen molar-refractivity contribution >= 4 is 28.6 Å². The molecule has 0 radical (unpaired) electrons. The molecule has 0 saturated carbocycles. The number of benzene rings is 1. The fourth-order valence-corrected chi connectivity index (χ4v) is 5.20. The molecule has 1 aliphatic heterocycles. The van der Waals surface area contributed by atoms with Gasteiger partial charge in [0, 0.05) is 58.7 Å². The van der Waals surface area contributed by atoms with Crippen LogP contribution >= 0.6 is 11.6 Å². The van der Waals surface area contributed by atoms with E-state index in [1.807, 2.05) is 50.2 Å². The zero-order chi connectivity index (χ0) is 25.4. The van der Waals surface area contributed by atoms with Gasteiger partial charge in [-0.3, -0.25) is 14.3 Å². The summed E-state index contributed by atoms with van der Waals surface area (Å²) in [5.74, 6) is 0.521. The molecule has 7 nitrogen and oxygen atoms in total. The van der Waals surface area contributed by atoms with Crippen molar-refractivity contribution in [2.24, 2.45) is 0 Å². The maximum absolute atomic E-state index is 13.6. The average Bonchev–Trinajstić information content (AvgIpc) is 2.84. The van der Waals surface area contributed by atoms with Crippen molar-refractivity contribution in [3.63, 3.8) is 0 Å². The molecule has 0 amide bonds. The average molecular weight is 504 g/mol.